The van der Waals surface area contributed by atoms with Crippen LogP contribution in [-0.4, -0.2) is 55.1 Å². The zero-order valence-electron chi connectivity index (χ0n) is 17.1. The normalized spacial score (nSPS) is 16.9. The van der Waals surface area contributed by atoms with Gasteiger partial charge in [-0.2, -0.15) is 0 Å². The van der Waals surface area contributed by atoms with Gasteiger partial charge in [-0.25, -0.2) is 9.97 Å². The Morgan fingerprint density at radius 3 is 2.79 bits per heavy atom. The first-order chi connectivity index (χ1) is 14.1. The number of fused-ring (bicyclic) bond motifs is 1. The Morgan fingerprint density at radius 1 is 1.28 bits per heavy atom. The molecule has 0 spiro atoms. The van der Waals surface area contributed by atoms with Gasteiger partial charge < -0.3 is 14.5 Å². The number of amides is 1. The van der Waals surface area contributed by atoms with E-state index in [2.05, 4.69) is 22.4 Å². The van der Waals surface area contributed by atoms with Crippen LogP contribution in [0, 0.1) is 5.92 Å². The van der Waals surface area contributed by atoms with Crippen molar-refractivity contribution in [2.75, 3.05) is 39.2 Å². The lowest BCUT2D eigenvalue weighted by molar-refractivity contribution is -0.133. The summed E-state index contributed by atoms with van der Waals surface area (Å²) in [4.78, 5) is 27.1. The molecule has 1 atom stereocenters. The highest BCUT2D eigenvalue weighted by Gasteiger charge is 2.29. The van der Waals surface area contributed by atoms with E-state index in [1.54, 1.807) is 23.3 Å². The number of nitrogens with zero attached hydrogens (tertiary/aromatic N) is 4. The molecule has 6 nitrogen and oxygen atoms in total. The number of thiophene rings is 1. The van der Waals surface area contributed by atoms with Crippen LogP contribution in [0.3, 0.4) is 0 Å². The van der Waals surface area contributed by atoms with Crippen LogP contribution < -0.4 is 4.90 Å². The van der Waals surface area contributed by atoms with Gasteiger partial charge in [0.25, 0.3) is 0 Å². The molecule has 29 heavy (non-hydrogen) atoms. The van der Waals surface area contributed by atoms with Crippen LogP contribution in [0.25, 0.3) is 21.3 Å². The lowest BCUT2D eigenvalue weighted by Crippen LogP contribution is -2.43. The summed E-state index contributed by atoms with van der Waals surface area (Å²) < 4.78 is 5.30. The van der Waals surface area contributed by atoms with Crippen LogP contribution >= 0.6 is 11.3 Å². The number of ether oxygens (including phenoxy) is 1. The van der Waals surface area contributed by atoms with Gasteiger partial charge >= 0.3 is 0 Å². The molecule has 1 aliphatic rings. The fourth-order valence-corrected chi connectivity index (χ4v) is 4.92. The summed E-state index contributed by atoms with van der Waals surface area (Å²) in [5.41, 5.74) is 2.30. The zero-order chi connectivity index (χ0) is 20.4. The number of methoxy groups -OCH3 is 1. The number of aromatic nitrogens is 2. The van der Waals surface area contributed by atoms with Crippen LogP contribution in [0.5, 0.6) is 0 Å². The molecule has 1 aromatic carbocycles. The van der Waals surface area contributed by atoms with E-state index < -0.39 is 0 Å². The molecule has 3 aromatic rings. The maximum Gasteiger partial charge on any atom is 0.226 e. The SMILES string of the molecule is COCc1nc(N2CCCC(C(=O)N(C)C)C2)c2c(-c3ccccc3)csc2n1. The van der Waals surface area contributed by atoms with Crippen molar-refractivity contribution in [3.8, 4) is 11.1 Å². The van der Waals surface area contributed by atoms with E-state index in [4.69, 9.17) is 14.7 Å². The fourth-order valence-electron chi connectivity index (χ4n) is 3.96. The molecule has 1 aliphatic heterocycles. The third-order valence-corrected chi connectivity index (χ3v) is 6.20. The molecular formula is C22H26N4O2S. The largest absolute Gasteiger partial charge is 0.377 e. The van der Waals surface area contributed by atoms with Gasteiger partial charge in [0.15, 0.2) is 5.82 Å². The van der Waals surface area contributed by atoms with Gasteiger partial charge in [-0.1, -0.05) is 30.3 Å². The molecule has 7 heteroatoms. The zero-order valence-corrected chi connectivity index (χ0v) is 17.9. The minimum atomic E-state index is -0.00606. The van der Waals surface area contributed by atoms with E-state index in [1.807, 2.05) is 32.3 Å². The Balaban J connectivity index is 1.81. The van der Waals surface area contributed by atoms with Crippen LogP contribution in [0.4, 0.5) is 5.82 Å². The molecule has 1 saturated heterocycles. The van der Waals surface area contributed by atoms with Crippen molar-refractivity contribution in [1.29, 1.82) is 0 Å². The molecule has 152 valence electrons. The topological polar surface area (TPSA) is 58.6 Å². The average Bonchev–Trinajstić information content (AvgIpc) is 3.17. The third-order valence-electron chi connectivity index (χ3n) is 5.33. The van der Waals surface area contributed by atoms with E-state index in [0.717, 1.165) is 46.5 Å². The predicted octanol–water partition coefficient (Wildman–Crippen LogP) is 3.81. The Kier molecular flexibility index (Phi) is 5.78. The summed E-state index contributed by atoms with van der Waals surface area (Å²) in [6.07, 6.45) is 1.89. The number of rotatable bonds is 5. The Bertz CT molecular complexity index is 1000. The number of piperidine rings is 1. The maximum absolute atomic E-state index is 12.6. The van der Waals surface area contributed by atoms with Crippen LogP contribution in [-0.2, 0) is 16.1 Å². The molecule has 1 fully saturated rings. The summed E-state index contributed by atoms with van der Waals surface area (Å²) in [6.45, 7) is 1.94. The van der Waals surface area contributed by atoms with E-state index in [1.165, 1.54) is 0 Å². The molecule has 1 unspecified atom stereocenters. The highest BCUT2D eigenvalue weighted by Crippen LogP contribution is 2.39. The summed E-state index contributed by atoms with van der Waals surface area (Å²) in [5.74, 6) is 1.77. The number of anilines is 1. The van der Waals surface area contributed by atoms with Gasteiger partial charge in [0, 0.05) is 45.2 Å². The molecule has 1 amide bonds. The van der Waals surface area contributed by atoms with Crippen LogP contribution in [0.15, 0.2) is 35.7 Å². The van der Waals surface area contributed by atoms with Crippen LogP contribution in [0.1, 0.15) is 18.7 Å². The second kappa shape index (κ2) is 8.47. The molecule has 4 rings (SSSR count). The highest BCUT2D eigenvalue weighted by molar-refractivity contribution is 7.17. The van der Waals surface area contributed by atoms with Crippen molar-refractivity contribution in [1.82, 2.24) is 14.9 Å². The first kappa shape index (κ1) is 19.8. The predicted molar refractivity (Wildman–Crippen MR) is 117 cm³/mol. The standard InChI is InChI=1S/C22H26N4O2S/c1-25(2)22(27)16-10-7-11-26(12-16)20-19-17(15-8-5-4-6-9-15)14-29-21(19)24-18(23-20)13-28-3/h4-6,8-9,14,16H,7,10-13H2,1-3H3. The van der Waals surface area contributed by atoms with Gasteiger partial charge in [-0.3, -0.25) is 4.79 Å². The minimum absolute atomic E-state index is 0.00606. The van der Waals surface area contributed by atoms with Crippen molar-refractivity contribution in [3.05, 3.63) is 41.5 Å². The summed E-state index contributed by atoms with van der Waals surface area (Å²) in [6, 6.07) is 10.3. The lowest BCUT2D eigenvalue weighted by atomic mass is 9.96. The Labute approximate surface area is 175 Å². The smallest absolute Gasteiger partial charge is 0.226 e. The van der Waals surface area contributed by atoms with Gasteiger partial charge in [0.2, 0.25) is 5.91 Å². The van der Waals surface area contributed by atoms with Gasteiger partial charge in [-0.15, -0.1) is 11.3 Å². The van der Waals surface area contributed by atoms with E-state index >= 15 is 0 Å². The summed E-state index contributed by atoms with van der Waals surface area (Å²) in [5, 5.41) is 3.22. The van der Waals surface area contributed by atoms with Crippen molar-refractivity contribution in [2.45, 2.75) is 19.4 Å². The summed E-state index contributed by atoms with van der Waals surface area (Å²) >= 11 is 1.63. The number of hydrogen-bond acceptors (Lipinski definition) is 6. The van der Waals surface area contributed by atoms with Crippen molar-refractivity contribution >= 4 is 33.3 Å². The average molecular weight is 411 g/mol. The molecule has 0 bridgehead atoms. The third kappa shape index (κ3) is 3.97. The van der Waals surface area contributed by atoms with Crippen molar-refractivity contribution in [3.63, 3.8) is 0 Å². The fraction of sp³-hybridized carbons (Fsp3) is 0.409. The maximum atomic E-state index is 12.6. The number of carbonyl (C=O) groups is 1. The molecular weight excluding hydrogens is 384 g/mol. The Morgan fingerprint density at radius 2 is 2.07 bits per heavy atom. The van der Waals surface area contributed by atoms with Crippen LogP contribution in [0.2, 0.25) is 0 Å². The van der Waals surface area contributed by atoms with E-state index in [-0.39, 0.29) is 11.8 Å². The highest BCUT2D eigenvalue weighted by atomic mass is 32.1. The number of hydrogen-bond donors (Lipinski definition) is 0. The quantitative estimate of drug-likeness (QED) is 0.640. The monoisotopic (exact) mass is 410 g/mol. The first-order valence-corrected chi connectivity index (χ1v) is 10.7. The van der Waals surface area contributed by atoms with Gasteiger partial charge in [-0.05, 0) is 18.4 Å². The summed E-state index contributed by atoms with van der Waals surface area (Å²) in [7, 11) is 5.31. The lowest BCUT2D eigenvalue weighted by Gasteiger charge is -2.34. The second-order valence-corrected chi connectivity index (χ2v) is 8.47. The number of carbonyl (C=O) groups excluding carboxylic acids is 1. The molecule has 0 radical (unpaired) electrons. The number of benzene rings is 1. The Hall–Kier alpha value is -2.51. The molecule has 2 aromatic heterocycles. The van der Waals surface area contributed by atoms with Gasteiger partial charge in [0.05, 0.1) is 11.3 Å². The molecule has 0 aliphatic carbocycles. The minimum Gasteiger partial charge on any atom is -0.377 e. The van der Waals surface area contributed by atoms with Crippen molar-refractivity contribution in [2.24, 2.45) is 5.92 Å². The van der Waals surface area contributed by atoms with Gasteiger partial charge in [0.1, 0.15) is 17.3 Å². The molecule has 3 heterocycles. The molecule has 0 saturated carbocycles. The second-order valence-electron chi connectivity index (χ2n) is 7.61. The van der Waals surface area contributed by atoms with Crippen molar-refractivity contribution < 1.29 is 9.53 Å². The van der Waals surface area contributed by atoms with E-state index in [0.29, 0.717) is 19.0 Å². The molecule has 0 N–H and O–H groups in total. The first-order valence-electron chi connectivity index (χ1n) is 9.87. The van der Waals surface area contributed by atoms with E-state index in [9.17, 15) is 4.79 Å².